The fourth-order valence-electron chi connectivity index (χ4n) is 1.67. The molecule has 4 heteroatoms. The van der Waals surface area contributed by atoms with Gasteiger partial charge in [-0.15, -0.1) is 0 Å². The van der Waals surface area contributed by atoms with E-state index in [9.17, 15) is 13.9 Å². The first-order chi connectivity index (χ1) is 9.10. The van der Waals surface area contributed by atoms with Crippen molar-refractivity contribution < 1.29 is 18.6 Å². The molecule has 2 rings (SSSR count). The highest BCUT2D eigenvalue weighted by Gasteiger charge is 2.06. The number of hydrogen-bond acceptors (Lipinski definition) is 2. The molecule has 0 bridgehead atoms. The van der Waals surface area contributed by atoms with Crippen LogP contribution in [0.1, 0.15) is 25.0 Å². The number of rotatable bonds is 4. The van der Waals surface area contributed by atoms with Crippen LogP contribution in [0.25, 0.3) is 0 Å². The predicted octanol–water partition coefficient (Wildman–Crippen LogP) is 4.20. The summed E-state index contributed by atoms with van der Waals surface area (Å²) in [7, 11) is 0. The molecule has 0 aliphatic heterocycles. The molecule has 0 saturated heterocycles. The summed E-state index contributed by atoms with van der Waals surface area (Å²) in [6, 6.07) is 10.2. The lowest BCUT2D eigenvalue weighted by molar-refractivity contribution is 0.173. The Morgan fingerprint density at radius 1 is 1.00 bits per heavy atom. The summed E-state index contributed by atoms with van der Waals surface area (Å²) < 4.78 is 31.2. The second-order valence-electron chi connectivity index (χ2n) is 4.17. The van der Waals surface area contributed by atoms with Crippen molar-refractivity contribution in [2.75, 3.05) is 0 Å². The van der Waals surface area contributed by atoms with Gasteiger partial charge in [0.1, 0.15) is 11.5 Å². The minimum atomic E-state index is -0.949. The minimum Gasteiger partial charge on any atom is -0.457 e. The molecule has 0 amide bonds. The molecule has 2 nitrogen and oxygen atoms in total. The zero-order valence-corrected chi connectivity index (χ0v) is 10.4. The van der Waals surface area contributed by atoms with Crippen LogP contribution in [-0.2, 0) is 0 Å². The summed E-state index contributed by atoms with van der Waals surface area (Å²) >= 11 is 0. The van der Waals surface area contributed by atoms with E-state index in [1.807, 2.05) is 6.92 Å². The lowest BCUT2D eigenvalue weighted by Crippen LogP contribution is -1.94. The molecular formula is C15H14F2O2. The number of aliphatic hydroxyl groups is 1. The Hall–Kier alpha value is -1.94. The van der Waals surface area contributed by atoms with Gasteiger partial charge in [0.05, 0.1) is 6.10 Å². The molecule has 0 unspecified atom stereocenters. The average molecular weight is 264 g/mol. The van der Waals surface area contributed by atoms with Gasteiger partial charge in [0.15, 0.2) is 11.6 Å². The van der Waals surface area contributed by atoms with Gasteiger partial charge in [-0.05, 0) is 36.2 Å². The van der Waals surface area contributed by atoms with Crippen molar-refractivity contribution in [1.29, 1.82) is 0 Å². The van der Waals surface area contributed by atoms with Crippen LogP contribution in [0, 0.1) is 11.6 Å². The first-order valence-corrected chi connectivity index (χ1v) is 6.01. The molecule has 2 aromatic carbocycles. The van der Waals surface area contributed by atoms with Gasteiger partial charge in [0.2, 0.25) is 0 Å². The third kappa shape index (κ3) is 3.29. The average Bonchev–Trinajstić information content (AvgIpc) is 2.43. The molecule has 100 valence electrons. The Balaban J connectivity index is 2.12. The number of hydrogen-bond donors (Lipinski definition) is 1. The summed E-state index contributed by atoms with van der Waals surface area (Å²) in [4.78, 5) is 0. The van der Waals surface area contributed by atoms with E-state index in [2.05, 4.69) is 0 Å². The van der Waals surface area contributed by atoms with Gasteiger partial charge in [0, 0.05) is 6.07 Å². The molecule has 0 saturated carbocycles. The van der Waals surface area contributed by atoms with E-state index >= 15 is 0 Å². The van der Waals surface area contributed by atoms with Crippen LogP contribution in [0.3, 0.4) is 0 Å². The molecule has 1 atom stereocenters. The van der Waals surface area contributed by atoms with Crippen LogP contribution < -0.4 is 4.74 Å². The lowest BCUT2D eigenvalue weighted by Gasteiger charge is -2.10. The van der Waals surface area contributed by atoms with Gasteiger partial charge in [0.25, 0.3) is 0 Å². The van der Waals surface area contributed by atoms with Crippen LogP contribution in [-0.4, -0.2) is 5.11 Å². The number of ether oxygens (including phenoxy) is 1. The van der Waals surface area contributed by atoms with E-state index in [-0.39, 0.29) is 5.75 Å². The number of benzene rings is 2. The summed E-state index contributed by atoms with van der Waals surface area (Å²) in [6.07, 6.45) is 0.126. The van der Waals surface area contributed by atoms with Crippen molar-refractivity contribution in [2.24, 2.45) is 0 Å². The first-order valence-electron chi connectivity index (χ1n) is 6.01. The largest absolute Gasteiger partial charge is 0.457 e. The second kappa shape index (κ2) is 5.80. The van der Waals surface area contributed by atoms with Crippen molar-refractivity contribution in [3.8, 4) is 11.5 Å². The molecule has 19 heavy (non-hydrogen) atoms. The van der Waals surface area contributed by atoms with Crippen LogP contribution >= 0.6 is 0 Å². The van der Waals surface area contributed by atoms with Crippen LogP contribution in [0.5, 0.6) is 11.5 Å². The van der Waals surface area contributed by atoms with Crippen molar-refractivity contribution in [3.05, 3.63) is 59.7 Å². The number of aliphatic hydroxyl groups excluding tert-OH is 1. The minimum absolute atomic E-state index is 0.225. The van der Waals surface area contributed by atoms with Gasteiger partial charge in [-0.1, -0.05) is 19.1 Å². The maximum atomic E-state index is 13.0. The fourth-order valence-corrected chi connectivity index (χ4v) is 1.67. The first kappa shape index (κ1) is 13.5. The monoisotopic (exact) mass is 264 g/mol. The van der Waals surface area contributed by atoms with E-state index in [0.29, 0.717) is 12.2 Å². The molecule has 1 N–H and O–H groups in total. The van der Waals surface area contributed by atoms with E-state index in [4.69, 9.17) is 4.74 Å². The summed E-state index contributed by atoms with van der Waals surface area (Å²) in [5.41, 5.74) is 0.792. The molecule has 2 aromatic rings. The lowest BCUT2D eigenvalue weighted by atomic mass is 10.1. The summed E-state index contributed by atoms with van der Waals surface area (Å²) in [5.74, 6) is -1.13. The predicted molar refractivity (Wildman–Crippen MR) is 68.1 cm³/mol. The third-order valence-electron chi connectivity index (χ3n) is 2.78. The topological polar surface area (TPSA) is 29.5 Å². The normalized spacial score (nSPS) is 12.2. The van der Waals surface area contributed by atoms with Gasteiger partial charge in [-0.2, -0.15) is 0 Å². The Kier molecular flexibility index (Phi) is 4.12. The SMILES string of the molecule is CC[C@H](O)c1ccc(Oc2ccc(F)c(F)c2)cc1. The third-order valence-corrected chi connectivity index (χ3v) is 2.78. The Morgan fingerprint density at radius 2 is 1.63 bits per heavy atom. The van der Waals surface area contributed by atoms with Crippen molar-refractivity contribution in [3.63, 3.8) is 0 Å². The van der Waals surface area contributed by atoms with E-state index in [1.54, 1.807) is 24.3 Å². The van der Waals surface area contributed by atoms with Crippen molar-refractivity contribution in [1.82, 2.24) is 0 Å². The number of halogens is 2. The van der Waals surface area contributed by atoms with Gasteiger partial charge < -0.3 is 9.84 Å². The molecular weight excluding hydrogens is 250 g/mol. The fraction of sp³-hybridized carbons (Fsp3) is 0.200. The highest BCUT2D eigenvalue weighted by Crippen LogP contribution is 2.25. The quantitative estimate of drug-likeness (QED) is 0.896. The van der Waals surface area contributed by atoms with Gasteiger partial charge in [-0.3, -0.25) is 0 Å². The Morgan fingerprint density at radius 3 is 2.21 bits per heavy atom. The highest BCUT2D eigenvalue weighted by atomic mass is 19.2. The highest BCUT2D eigenvalue weighted by molar-refractivity contribution is 5.34. The van der Waals surface area contributed by atoms with Crippen molar-refractivity contribution >= 4 is 0 Å². The van der Waals surface area contributed by atoms with Gasteiger partial charge in [-0.25, -0.2) is 8.78 Å². The molecule has 0 radical (unpaired) electrons. The summed E-state index contributed by atoms with van der Waals surface area (Å²) in [5, 5.41) is 9.64. The van der Waals surface area contributed by atoms with Crippen LogP contribution in [0.4, 0.5) is 8.78 Å². The smallest absolute Gasteiger partial charge is 0.162 e. The zero-order chi connectivity index (χ0) is 13.8. The zero-order valence-electron chi connectivity index (χ0n) is 10.4. The molecule has 0 heterocycles. The van der Waals surface area contributed by atoms with E-state index in [0.717, 1.165) is 17.7 Å². The maximum absolute atomic E-state index is 13.0. The molecule has 0 spiro atoms. The maximum Gasteiger partial charge on any atom is 0.162 e. The van der Waals surface area contributed by atoms with Gasteiger partial charge >= 0.3 is 0 Å². The molecule has 0 aromatic heterocycles. The Labute approximate surface area is 110 Å². The van der Waals surface area contributed by atoms with Crippen molar-refractivity contribution in [2.45, 2.75) is 19.4 Å². The summed E-state index contributed by atoms with van der Waals surface area (Å²) in [6.45, 7) is 1.89. The molecule has 0 aliphatic rings. The van der Waals surface area contributed by atoms with Crippen LogP contribution in [0.15, 0.2) is 42.5 Å². The second-order valence-corrected chi connectivity index (χ2v) is 4.17. The Bertz CT molecular complexity index is 553. The van der Waals surface area contributed by atoms with E-state index < -0.39 is 17.7 Å². The molecule has 0 fully saturated rings. The standard InChI is InChI=1S/C15H14F2O2/c1-2-15(18)10-3-5-11(6-4-10)19-12-7-8-13(16)14(17)9-12/h3-9,15,18H,2H2,1H3/t15-/m0/s1. The molecule has 0 aliphatic carbocycles. The van der Waals surface area contributed by atoms with Crippen LogP contribution in [0.2, 0.25) is 0 Å². The van der Waals surface area contributed by atoms with E-state index in [1.165, 1.54) is 6.07 Å².